The Morgan fingerprint density at radius 2 is 1.83 bits per heavy atom. The van der Waals surface area contributed by atoms with E-state index in [2.05, 4.69) is 6.08 Å². The van der Waals surface area contributed by atoms with Crippen molar-refractivity contribution in [3.8, 4) is 0 Å². The van der Waals surface area contributed by atoms with Gasteiger partial charge in [-0.25, -0.2) is 0 Å². The van der Waals surface area contributed by atoms with E-state index < -0.39 is 0 Å². The first-order chi connectivity index (χ1) is 8.69. The summed E-state index contributed by atoms with van der Waals surface area (Å²) in [5.41, 5.74) is 2.43. The predicted molar refractivity (Wildman–Crippen MR) is 72.9 cm³/mol. The Labute approximate surface area is 116 Å². The van der Waals surface area contributed by atoms with E-state index >= 15 is 0 Å². The first kappa shape index (κ1) is 12.5. The molecule has 0 aromatic heterocycles. The molecule has 3 rings (SSSR count). The molecule has 4 heteroatoms. The molecule has 0 atom stereocenters. The first-order valence-electron chi connectivity index (χ1n) is 6.11. The lowest BCUT2D eigenvalue weighted by Gasteiger charge is -2.30. The highest BCUT2D eigenvalue weighted by Gasteiger charge is 2.37. The highest BCUT2D eigenvalue weighted by atomic mass is 35.5. The van der Waals surface area contributed by atoms with E-state index in [0.29, 0.717) is 23.3 Å². The molecule has 0 radical (unpaired) electrons. The van der Waals surface area contributed by atoms with Gasteiger partial charge in [-0.05, 0) is 29.7 Å². The fourth-order valence-corrected chi connectivity index (χ4v) is 2.82. The van der Waals surface area contributed by atoms with E-state index in [0.717, 1.165) is 24.8 Å². The summed E-state index contributed by atoms with van der Waals surface area (Å²) >= 11 is 12.0. The van der Waals surface area contributed by atoms with Crippen LogP contribution in [-0.2, 0) is 9.47 Å². The summed E-state index contributed by atoms with van der Waals surface area (Å²) in [5, 5.41) is 1.19. The van der Waals surface area contributed by atoms with Gasteiger partial charge in [0.05, 0.1) is 23.3 Å². The van der Waals surface area contributed by atoms with Gasteiger partial charge in [-0.2, -0.15) is 0 Å². The highest BCUT2D eigenvalue weighted by molar-refractivity contribution is 6.42. The van der Waals surface area contributed by atoms with Crippen LogP contribution in [-0.4, -0.2) is 19.0 Å². The predicted octanol–water partition coefficient (Wildman–Crippen LogP) is 4.30. The molecular formula is C14H14Cl2O2. The van der Waals surface area contributed by atoms with Crippen molar-refractivity contribution in [3.63, 3.8) is 0 Å². The third-order valence-electron chi connectivity index (χ3n) is 3.54. The van der Waals surface area contributed by atoms with Gasteiger partial charge in [0, 0.05) is 12.8 Å². The molecule has 1 saturated heterocycles. The minimum absolute atomic E-state index is 0.361. The van der Waals surface area contributed by atoms with Crippen molar-refractivity contribution in [3.05, 3.63) is 39.9 Å². The average Bonchev–Trinajstić information content (AvgIpc) is 2.82. The lowest BCUT2D eigenvalue weighted by molar-refractivity contribution is -0.159. The van der Waals surface area contributed by atoms with Gasteiger partial charge in [-0.3, -0.25) is 0 Å². The number of hydrogen-bond acceptors (Lipinski definition) is 2. The third-order valence-corrected chi connectivity index (χ3v) is 4.28. The molecule has 1 spiro atoms. The van der Waals surface area contributed by atoms with Crippen LogP contribution in [0.5, 0.6) is 0 Å². The average molecular weight is 285 g/mol. The maximum atomic E-state index is 6.05. The van der Waals surface area contributed by atoms with Gasteiger partial charge in [0.2, 0.25) is 0 Å². The van der Waals surface area contributed by atoms with Crippen molar-refractivity contribution in [1.29, 1.82) is 0 Å². The summed E-state index contributed by atoms with van der Waals surface area (Å²) < 4.78 is 11.4. The van der Waals surface area contributed by atoms with E-state index in [1.54, 1.807) is 0 Å². The highest BCUT2D eigenvalue weighted by Crippen LogP contribution is 2.39. The van der Waals surface area contributed by atoms with Crippen molar-refractivity contribution in [2.45, 2.75) is 25.0 Å². The van der Waals surface area contributed by atoms with Crippen LogP contribution in [0.2, 0.25) is 10.0 Å². The number of rotatable bonds is 1. The number of ether oxygens (including phenoxy) is 2. The Morgan fingerprint density at radius 1 is 1.06 bits per heavy atom. The SMILES string of the molecule is Clc1ccc(C2=CCC3(CC2)OCCO3)cc1Cl. The quantitative estimate of drug-likeness (QED) is 0.765. The monoisotopic (exact) mass is 284 g/mol. The number of allylic oxidation sites excluding steroid dienone is 1. The van der Waals surface area contributed by atoms with Crippen LogP contribution in [0.1, 0.15) is 24.8 Å². The van der Waals surface area contributed by atoms with E-state index in [1.165, 1.54) is 5.57 Å². The Balaban J connectivity index is 1.81. The van der Waals surface area contributed by atoms with Crippen LogP contribution >= 0.6 is 23.2 Å². The van der Waals surface area contributed by atoms with Gasteiger partial charge < -0.3 is 9.47 Å². The van der Waals surface area contributed by atoms with E-state index in [4.69, 9.17) is 32.7 Å². The fourth-order valence-electron chi connectivity index (χ4n) is 2.53. The van der Waals surface area contributed by atoms with Gasteiger partial charge in [0.15, 0.2) is 5.79 Å². The zero-order valence-corrected chi connectivity index (χ0v) is 11.4. The van der Waals surface area contributed by atoms with Crippen molar-refractivity contribution < 1.29 is 9.47 Å². The van der Waals surface area contributed by atoms with Gasteiger partial charge in [0.1, 0.15) is 0 Å². The molecule has 1 fully saturated rings. The molecule has 96 valence electrons. The van der Waals surface area contributed by atoms with Gasteiger partial charge in [-0.1, -0.05) is 35.3 Å². The zero-order valence-electron chi connectivity index (χ0n) is 9.92. The molecule has 0 unspecified atom stereocenters. The van der Waals surface area contributed by atoms with E-state index in [1.807, 2.05) is 18.2 Å². The van der Waals surface area contributed by atoms with Crippen LogP contribution in [0.25, 0.3) is 5.57 Å². The van der Waals surface area contributed by atoms with Gasteiger partial charge in [-0.15, -0.1) is 0 Å². The first-order valence-corrected chi connectivity index (χ1v) is 6.87. The Kier molecular flexibility index (Phi) is 3.37. The zero-order chi connectivity index (χ0) is 12.6. The molecule has 1 aromatic rings. The second-order valence-corrected chi connectivity index (χ2v) is 5.48. The van der Waals surface area contributed by atoms with Gasteiger partial charge in [0.25, 0.3) is 0 Å². The van der Waals surface area contributed by atoms with Crippen molar-refractivity contribution in [2.75, 3.05) is 13.2 Å². The molecule has 1 heterocycles. The number of benzene rings is 1. The normalized spacial score (nSPS) is 22.2. The Morgan fingerprint density at radius 3 is 2.44 bits per heavy atom. The summed E-state index contributed by atoms with van der Waals surface area (Å²) in [4.78, 5) is 0. The summed E-state index contributed by atoms with van der Waals surface area (Å²) in [7, 11) is 0. The molecule has 0 amide bonds. The van der Waals surface area contributed by atoms with Crippen LogP contribution in [0, 0.1) is 0 Å². The topological polar surface area (TPSA) is 18.5 Å². The third kappa shape index (κ3) is 2.30. The summed E-state index contributed by atoms with van der Waals surface area (Å²) in [6.07, 6.45) is 4.84. The second kappa shape index (κ2) is 4.86. The van der Waals surface area contributed by atoms with Crippen LogP contribution in [0.3, 0.4) is 0 Å². The maximum absolute atomic E-state index is 6.05. The second-order valence-electron chi connectivity index (χ2n) is 4.67. The summed E-state index contributed by atoms with van der Waals surface area (Å²) in [5.74, 6) is -0.361. The van der Waals surface area contributed by atoms with Crippen LogP contribution in [0.15, 0.2) is 24.3 Å². The van der Waals surface area contributed by atoms with Gasteiger partial charge >= 0.3 is 0 Å². The standard InChI is InChI=1S/C14H14Cl2O2/c15-12-2-1-11(9-13(12)16)10-3-5-14(6-4-10)17-7-8-18-14/h1-3,9H,4-8H2. The number of hydrogen-bond donors (Lipinski definition) is 0. The van der Waals surface area contributed by atoms with Crippen LogP contribution in [0.4, 0.5) is 0 Å². The van der Waals surface area contributed by atoms with Crippen molar-refractivity contribution in [1.82, 2.24) is 0 Å². The minimum Gasteiger partial charge on any atom is -0.347 e. The Hall–Kier alpha value is -0.540. The molecule has 0 saturated carbocycles. The molecular weight excluding hydrogens is 271 g/mol. The summed E-state index contributed by atoms with van der Waals surface area (Å²) in [6.45, 7) is 1.41. The van der Waals surface area contributed by atoms with E-state index in [-0.39, 0.29) is 5.79 Å². The molecule has 2 nitrogen and oxygen atoms in total. The fraction of sp³-hybridized carbons (Fsp3) is 0.429. The summed E-state index contributed by atoms with van der Waals surface area (Å²) in [6, 6.07) is 5.77. The van der Waals surface area contributed by atoms with E-state index in [9.17, 15) is 0 Å². The largest absolute Gasteiger partial charge is 0.347 e. The molecule has 0 N–H and O–H groups in total. The molecule has 0 bridgehead atoms. The minimum atomic E-state index is -0.361. The van der Waals surface area contributed by atoms with Crippen molar-refractivity contribution >= 4 is 28.8 Å². The molecule has 1 aliphatic carbocycles. The molecule has 2 aliphatic rings. The van der Waals surface area contributed by atoms with Crippen molar-refractivity contribution in [2.24, 2.45) is 0 Å². The molecule has 18 heavy (non-hydrogen) atoms. The lowest BCUT2D eigenvalue weighted by Crippen LogP contribution is -2.31. The molecule has 1 aliphatic heterocycles. The molecule has 1 aromatic carbocycles. The number of halogens is 2. The maximum Gasteiger partial charge on any atom is 0.172 e. The smallest absolute Gasteiger partial charge is 0.172 e. The lowest BCUT2D eigenvalue weighted by atomic mass is 9.90. The Bertz CT molecular complexity index is 491. The van der Waals surface area contributed by atoms with Crippen LogP contribution < -0.4 is 0 Å².